The Kier molecular flexibility index (Phi) is 4.74. The number of urea groups is 1. The Balaban J connectivity index is 1.55. The van der Waals surface area contributed by atoms with Crippen molar-refractivity contribution in [2.75, 3.05) is 4.90 Å². The average Bonchev–Trinajstić information content (AvgIpc) is 2.83. The van der Waals surface area contributed by atoms with E-state index < -0.39 is 4.92 Å². The lowest BCUT2D eigenvalue weighted by Crippen LogP contribution is -2.46. The molecule has 0 aliphatic carbocycles. The van der Waals surface area contributed by atoms with Crippen molar-refractivity contribution >= 4 is 34.1 Å². The van der Waals surface area contributed by atoms with E-state index >= 15 is 0 Å². The third-order valence-corrected chi connectivity index (χ3v) is 5.69. The Morgan fingerprint density at radius 2 is 1.78 bits per heavy atom. The maximum atomic E-state index is 13.6. The van der Waals surface area contributed by atoms with Crippen molar-refractivity contribution in [3.8, 4) is 0 Å². The van der Waals surface area contributed by atoms with Gasteiger partial charge in [0.05, 0.1) is 34.4 Å². The molecule has 2 aromatic heterocycles. The molecule has 1 aliphatic heterocycles. The van der Waals surface area contributed by atoms with E-state index in [2.05, 4.69) is 4.98 Å². The summed E-state index contributed by atoms with van der Waals surface area (Å²) in [7, 11) is 0. The average molecular weight is 425 g/mol. The molecule has 1 aliphatic rings. The predicted molar refractivity (Wildman–Crippen MR) is 121 cm³/mol. The summed E-state index contributed by atoms with van der Waals surface area (Å²) in [6, 6.07) is 20.9. The number of rotatable bonds is 4. The molecule has 8 nitrogen and oxygen atoms in total. The Hall–Kier alpha value is -4.33. The maximum absolute atomic E-state index is 13.6. The zero-order valence-electron chi connectivity index (χ0n) is 17.3. The third-order valence-electron chi connectivity index (χ3n) is 5.69. The fraction of sp³-hybridized carbons (Fsp3) is 0.125. The van der Waals surface area contributed by atoms with Crippen LogP contribution in [0.5, 0.6) is 0 Å². The number of hydrogen-bond acceptors (Lipinski definition) is 5. The second-order valence-electron chi connectivity index (χ2n) is 7.61. The molecule has 4 aromatic rings. The van der Waals surface area contributed by atoms with Crippen molar-refractivity contribution in [3.63, 3.8) is 0 Å². The Labute approximate surface area is 183 Å². The highest BCUT2D eigenvalue weighted by Crippen LogP contribution is 2.37. The molecule has 3 heterocycles. The topological polar surface area (TPSA) is 92.5 Å². The number of carbonyl (C=O) groups is 1. The van der Waals surface area contributed by atoms with Crippen molar-refractivity contribution in [2.24, 2.45) is 0 Å². The lowest BCUT2D eigenvalue weighted by molar-refractivity contribution is -0.384. The SMILES string of the molecule is CC(c1ccc2ccccc2n1)N1Cc2cccnc2N(c2ccc([N+](=O)[O-])cc2)C1=O. The molecule has 8 heteroatoms. The first-order chi connectivity index (χ1) is 15.5. The lowest BCUT2D eigenvalue weighted by atomic mass is 10.1. The highest BCUT2D eigenvalue weighted by Gasteiger charge is 2.36. The summed E-state index contributed by atoms with van der Waals surface area (Å²) in [5.41, 5.74) is 3.02. The summed E-state index contributed by atoms with van der Waals surface area (Å²) in [5, 5.41) is 12.1. The van der Waals surface area contributed by atoms with Crippen LogP contribution < -0.4 is 4.90 Å². The molecule has 0 spiro atoms. The number of pyridine rings is 2. The van der Waals surface area contributed by atoms with Gasteiger partial charge in [0.15, 0.2) is 0 Å². The van der Waals surface area contributed by atoms with Crippen molar-refractivity contribution in [2.45, 2.75) is 19.5 Å². The van der Waals surface area contributed by atoms with Gasteiger partial charge in [-0.3, -0.25) is 15.1 Å². The Morgan fingerprint density at radius 3 is 2.56 bits per heavy atom. The summed E-state index contributed by atoms with van der Waals surface area (Å²) >= 11 is 0. The molecule has 0 bridgehead atoms. The Bertz CT molecular complexity index is 1340. The van der Waals surface area contributed by atoms with Gasteiger partial charge < -0.3 is 4.90 Å². The van der Waals surface area contributed by atoms with Gasteiger partial charge in [-0.15, -0.1) is 0 Å². The number of benzene rings is 2. The minimum atomic E-state index is -0.465. The number of amides is 2. The van der Waals surface area contributed by atoms with Gasteiger partial charge in [0, 0.05) is 29.3 Å². The monoisotopic (exact) mass is 425 g/mol. The minimum absolute atomic E-state index is 0.0370. The number of hydrogen-bond donors (Lipinski definition) is 0. The molecule has 1 unspecified atom stereocenters. The van der Waals surface area contributed by atoms with Crippen LogP contribution in [0, 0.1) is 10.1 Å². The highest BCUT2D eigenvalue weighted by atomic mass is 16.6. The molecular formula is C24H19N5O3. The van der Waals surface area contributed by atoms with E-state index in [4.69, 9.17) is 4.98 Å². The van der Waals surface area contributed by atoms with Gasteiger partial charge in [-0.1, -0.05) is 30.3 Å². The van der Waals surface area contributed by atoms with Crippen LogP contribution in [0.25, 0.3) is 10.9 Å². The highest BCUT2D eigenvalue weighted by molar-refractivity contribution is 6.01. The fourth-order valence-electron chi connectivity index (χ4n) is 3.96. The molecule has 0 fully saturated rings. The quantitative estimate of drug-likeness (QED) is 0.324. The van der Waals surface area contributed by atoms with Gasteiger partial charge in [-0.05, 0) is 37.3 Å². The molecule has 5 rings (SSSR count). The summed E-state index contributed by atoms with van der Waals surface area (Å²) in [6.07, 6.45) is 1.63. The number of nitrogens with zero attached hydrogens (tertiary/aromatic N) is 5. The number of para-hydroxylation sites is 1. The molecule has 32 heavy (non-hydrogen) atoms. The van der Waals surface area contributed by atoms with E-state index in [1.165, 1.54) is 17.0 Å². The van der Waals surface area contributed by atoms with Crippen molar-refractivity contribution < 1.29 is 9.72 Å². The van der Waals surface area contributed by atoms with Gasteiger partial charge in [0.25, 0.3) is 5.69 Å². The molecule has 1 atom stereocenters. The largest absolute Gasteiger partial charge is 0.331 e. The summed E-state index contributed by atoms with van der Waals surface area (Å²) in [6.45, 7) is 2.34. The van der Waals surface area contributed by atoms with E-state index in [0.29, 0.717) is 18.1 Å². The molecule has 0 radical (unpaired) electrons. The number of anilines is 2. The van der Waals surface area contributed by atoms with E-state index in [1.807, 2.05) is 55.5 Å². The third kappa shape index (κ3) is 3.31. The van der Waals surface area contributed by atoms with E-state index in [9.17, 15) is 14.9 Å². The van der Waals surface area contributed by atoms with Crippen LogP contribution in [0.3, 0.4) is 0 Å². The fourth-order valence-corrected chi connectivity index (χ4v) is 3.96. The van der Waals surface area contributed by atoms with E-state index in [1.54, 1.807) is 23.2 Å². The first-order valence-electron chi connectivity index (χ1n) is 10.2. The van der Waals surface area contributed by atoms with Gasteiger partial charge in [0.1, 0.15) is 5.82 Å². The summed E-state index contributed by atoms with van der Waals surface area (Å²) in [5.74, 6) is 0.529. The molecule has 0 saturated carbocycles. The van der Waals surface area contributed by atoms with Crippen molar-refractivity contribution in [3.05, 3.63) is 100 Å². The van der Waals surface area contributed by atoms with Crippen molar-refractivity contribution in [1.82, 2.24) is 14.9 Å². The molecule has 2 amide bonds. The van der Waals surface area contributed by atoms with Crippen LogP contribution in [0.2, 0.25) is 0 Å². The molecule has 158 valence electrons. The number of aromatic nitrogens is 2. The second-order valence-corrected chi connectivity index (χ2v) is 7.61. The zero-order valence-corrected chi connectivity index (χ0v) is 17.3. The first-order valence-corrected chi connectivity index (χ1v) is 10.2. The van der Waals surface area contributed by atoms with Crippen LogP contribution in [0.1, 0.15) is 24.2 Å². The standard InChI is InChI=1S/C24H19N5O3/c1-16(21-13-8-17-5-2-3-7-22(17)26-21)27-15-18-6-4-14-25-23(18)28(24(27)30)19-9-11-20(12-10-19)29(31)32/h2-14,16H,15H2,1H3. The number of fused-ring (bicyclic) bond motifs is 2. The van der Waals surface area contributed by atoms with E-state index in [0.717, 1.165) is 22.2 Å². The first kappa shape index (κ1) is 19.6. The van der Waals surface area contributed by atoms with Crippen LogP contribution >= 0.6 is 0 Å². The number of non-ortho nitro benzene ring substituents is 1. The zero-order chi connectivity index (χ0) is 22.2. The van der Waals surface area contributed by atoms with Crippen LogP contribution in [0.15, 0.2) is 79.0 Å². The molecule has 2 aromatic carbocycles. The van der Waals surface area contributed by atoms with Crippen LogP contribution in [-0.4, -0.2) is 25.8 Å². The smallest absolute Gasteiger partial charge is 0.311 e. The summed E-state index contributed by atoms with van der Waals surface area (Å²) < 4.78 is 0. The van der Waals surface area contributed by atoms with Crippen LogP contribution in [0.4, 0.5) is 22.0 Å². The van der Waals surface area contributed by atoms with Crippen molar-refractivity contribution in [1.29, 1.82) is 0 Å². The second kappa shape index (κ2) is 7.73. The minimum Gasteiger partial charge on any atom is -0.311 e. The molecule has 0 saturated heterocycles. The lowest BCUT2D eigenvalue weighted by Gasteiger charge is -2.39. The van der Waals surface area contributed by atoms with Crippen LogP contribution in [-0.2, 0) is 6.54 Å². The number of nitro benzene ring substituents is 1. The maximum Gasteiger partial charge on any atom is 0.331 e. The number of nitro groups is 1. The van der Waals surface area contributed by atoms with E-state index in [-0.39, 0.29) is 17.8 Å². The number of carbonyl (C=O) groups excluding carboxylic acids is 1. The predicted octanol–water partition coefficient (Wildman–Crippen LogP) is 5.37. The van der Waals surface area contributed by atoms with Gasteiger partial charge >= 0.3 is 6.03 Å². The van der Waals surface area contributed by atoms with Gasteiger partial charge in [-0.2, -0.15) is 0 Å². The molecular weight excluding hydrogens is 406 g/mol. The van der Waals surface area contributed by atoms with Gasteiger partial charge in [0.2, 0.25) is 0 Å². The Morgan fingerprint density at radius 1 is 1.00 bits per heavy atom. The molecule has 0 N–H and O–H groups in total. The van der Waals surface area contributed by atoms with Gasteiger partial charge in [-0.25, -0.2) is 14.7 Å². The summed E-state index contributed by atoms with van der Waals surface area (Å²) in [4.78, 5) is 36.6. The normalized spacial score (nSPS) is 14.3.